The Bertz CT molecular complexity index is 870. The zero-order valence-electron chi connectivity index (χ0n) is 11.5. The van der Waals surface area contributed by atoms with Crippen molar-refractivity contribution in [3.8, 4) is 0 Å². The lowest BCUT2D eigenvalue weighted by Crippen LogP contribution is -1.94. The van der Waals surface area contributed by atoms with Crippen molar-refractivity contribution >= 4 is 22.8 Å². The van der Waals surface area contributed by atoms with Crippen LogP contribution in [0.25, 0.3) is 17.0 Å². The summed E-state index contributed by atoms with van der Waals surface area (Å²) in [4.78, 5) is 16.3. The van der Waals surface area contributed by atoms with Crippen molar-refractivity contribution in [3.63, 3.8) is 0 Å². The van der Waals surface area contributed by atoms with Crippen LogP contribution >= 0.6 is 0 Å². The first-order valence-electron chi connectivity index (χ1n) is 6.66. The summed E-state index contributed by atoms with van der Waals surface area (Å²) in [5.41, 5.74) is 1.65. The number of fused-ring (bicyclic) bond motifs is 1. The molecule has 108 valence electrons. The third-order valence-corrected chi connectivity index (χ3v) is 3.21. The number of halogens is 2. The highest BCUT2D eigenvalue weighted by Gasteiger charge is 2.02. The molecule has 0 aliphatic carbocycles. The number of benzene rings is 2. The van der Waals surface area contributed by atoms with Gasteiger partial charge in [-0.1, -0.05) is 6.07 Å². The van der Waals surface area contributed by atoms with Crippen molar-refractivity contribution in [1.82, 2.24) is 4.98 Å². The van der Waals surface area contributed by atoms with Crippen LogP contribution in [0.2, 0.25) is 0 Å². The van der Waals surface area contributed by atoms with Gasteiger partial charge in [0.25, 0.3) is 0 Å². The summed E-state index contributed by atoms with van der Waals surface area (Å²) in [5.74, 6) is -0.936. The fourth-order valence-electron chi connectivity index (χ4n) is 2.08. The smallest absolute Gasteiger partial charge is 0.185 e. The van der Waals surface area contributed by atoms with Crippen molar-refractivity contribution in [2.75, 3.05) is 0 Å². The van der Waals surface area contributed by atoms with E-state index in [9.17, 15) is 13.6 Å². The third-order valence-electron chi connectivity index (χ3n) is 3.21. The zero-order chi connectivity index (χ0) is 15.5. The van der Waals surface area contributed by atoms with Gasteiger partial charge < -0.3 is 0 Å². The quantitative estimate of drug-likeness (QED) is 0.529. The van der Waals surface area contributed by atoms with Crippen molar-refractivity contribution in [2.24, 2.45) is 0 Å². The van der Waals surface area contributed by atoms with Crippen LogP contribution in [0.4, 0.5) is 8.78 Å². The van der Waals surface area contributed by atoms with Gasteiger partial charge in [-0.25, -0.2) is 13.8 Å². The average Bonchev–Trinajstić information content (AvgIpc) is 2.53. The summed E-state index contributed by atoms with van der Waals surface area (Å²) in [7, 11) is 0. The minimum Gasteiger partial charge on any atom is -0.289 e. The number of carbonyl (C=O) groups is 1. The maximum absolute atomic E-state index is 13.1. The molecular formula is C18H11F2NO. The maximum atomic E-state index is 13.1. The highest BCUT2D eigenvalue weighted by Crippen LogP contribution is 2.15. The van der Waals surface area contributed by atoms with E-state index in [0.29, 0.717) is 22.2 Å². The minimum absolute atomic E-state index is 0.235. The van der Waals surface area contributed by atoms with E-state index in [1.54, 1.807) is 24.3 Å². The van der Waals surface area contributed by atoms with Gasteiger partial charge in [-0.15, -0.1) is 0 Å². The van der Waals surface area contributed by atoms with E-state index in [0.717, 1.165) is 0 Å². The normalized spacial score (nSPS) is 11.2. The molecule has 0 N–H and O–H groups in total. The minimum atomic E-state index is -0.385. The van der Waals surface area contributed by atoms with E-state index in [1.165, 1.54) is 42.5 Å². The molecule has 0 spiro atoms. The Balaban J connectivity index is 1.84. The van der Waals surface area contributed by atoms with Crippen LogP contribution in [0.3, 0.4) is 0 Å². The fourth-order valence-corrected chi connectivity index (χ4v) is 2.08. The molecule has 3 aromatic rings. The topological polar surface area (TPSA) is 30.0 Å². The monoisotopic (exact) mass is 295 g/mol. The largest absolute Gasteiger partial charge is 0.289 e. The first-order chi connectivity index (χ1) is 10.6. The van der Waals surface area contributed by atoms with Crippen molar-refractivity contribution < 1.29 is 13.6 Å². The SMILES string of the molecule is O=C(/C=C/c1ccc2cc(F)ccc2n1)c1ccc(F)cc1. The molecule has 0 unspecified atom stereocenters. The Morgan fingerprint density at radius 2 is 1.64 bits per heavy atom. The molecule has 1 heterocycles. The van der Waals surface area contributed by atoms with Crippen LogP contribution < -0.4 is 0 Å². The highest BCUT2D eigenvalue weighted by molar-refractivity contribution is 6.06. The van der Waals surface area contributed by atoms with Crippen molar-refractivity contribution in [2.45, 2.75) is 0 Å². The van der Waals surface area contributed by atoms with Gasteiger partial charge >= 0.3 is 0 Å². The van der Waals surface area contributed by atoms with Crippen LogP contribution in [-0.2, 0) is 0 Å². The Hall–Kier alpha value is -2.88. The first-order valence-corrected chi connectivity index (χ1v) is 6.66. The molecule has 0 fully saturated rings. The summed E-state index contributed by atoms with van der Waals surface area (Å²) in [6, 6.07) is 13.1. The van der Waals surface area contributed by atoms with Crippen molar-refractivity contribution in [3.05, 3.63) is 83.6 Å². The van der Waals surface area contributed by atoms with E-state index >= 15 is 0 Å². The summed E-state index contributed by atoms with van der Waals surface area (Å²) in [5, 5.41) is 0.696. The molecule has 0 atom stereocenters. The second-order valence-electron chi connectivity index (χ2n) is 4.78. The van der Waals surface area contributed by atoms with Crippen LogP contribution in [0, 0.1) is 11.6 Å². The Morgan fingerprint density at radius 1 is 0.909 bits per heavy atom. The Labute approximate surface area is 125 Å². The summed E-state index contributed by atoms with van der Waals surface area (Å²) in [6.45, 7) is 0. The van der Waals surface area contributed by atoms with E-state index in [1.807, 2.05) is 0 Å². The van der Waals surface area contributed by atoms with E-state index in [-0.39, 0.29) is 17.4 Å². The van der Waals surface area contributed by atoms with Crippen LogP contribution in [0.1, 0.15) is 16.1 Å². The number of aromatic nitrogens is 1. The predicted molar refractivity (Wildman–Crippen MR) is 81.5 cm³/mol. The number of ketones is 1. The van der Waals surface area contributed by atoms with Gasteiger partial charge in [-0.05, 0) is 60.7 Å². The van der Waals surface area contributed by atoms with Crippen LogP contribution in [-0.4, -0.2) is 10.8 Å². The molecule has 4 heteroatoms. The number of carbonyl (C=O) groups excluding carboxylic acids is 1. The molecule has 1 aromatic heterocycles. The predicted octanol–water partition coefficient (Wildman–Crippen LogP) is 4.41. The number of nitrogens with zero attached hydrogens (tertiary/aromatic N) is 1. The summed E-state index contributed by atoms with van der Waals surface area (Å²) >= 11 is 0. The van der Waals surface area contributed by atoms with Gasteiger partial charge in [-0.2, -0.15) is 0 Å². The third kappa shape index (κ3) is 3.06. The molecule has 3 rings (SSSR count). The lowest BCUT2D eigenvalue weighted by atomic mass is 10.1. The molecule has 0 bridgehead atoms. The number of pyridine rings is 1. The van der Waals surface area contributed by atoms with E-state index in [4.69, 9.17) is 0 Å². The van der Waals surface area contributed by atoms with E-state index in [2.05, 4.69) is 4.98 Å². The molecule has 0 saturated carbocycles. The Kier molecular flexibility index (Phi) is 3.74. The molecule has 0 aliphatic heterocycles. The Morgan fingerprint density at radius 3 is 2.41 bits per heavy atom. The van der Waals surface area contributed by atoms with Gasteiger partial charge in [0, 0.05) is 10.9 Å². The second kappa shape index (κ2) is 5.85. The molecule has 0 saturated heterocycles. The van der Waals surface area contributed by atoms with Gasteiger partial charge in [0.1, 0.15) is 11.6 Å². The number of rotatable bonds is 3. The number of allylic oxidation sites excluding steroid dienone is 1. The molecule has 0 radical (unpaired) electrons. The first kappa shape index (κ1) is 14.1. The standard InChI is InChI=1S/C18H11F2NO/c19-14-4-1-12(2-5-14)18(22)10-8-16-7-3-13-11-15(20)6-9-17(13)21-16/h1-11H/b10-8+. The van der Waals surface area contributed by atoms with E-state index < -0.39 is 0 Å². The van der Waals surface area contributed by atoms with Crippen molar-refractivity contribution in [1.29, 1.82) is 0 Å². The number of hydrogen-bond acceptors (Lipinski definition) is 2. The molecule has 0 aliphatic rings. The number of hydrogen-bond donors (Lipinski definition) is 0. The molecule has 0 amide bonds. The second-order valence-corrected chi connectivity index (χ2v) is 4.78. The summed E-state index contributed by atoms with van der Waals surface area (Å²) < 4.78 is 25.9. The molecule has 2 nitrogen and oxygen atoms in total. The zero-order valence-corrected chi connectivity index (χ0v) is 11.5. The lowest BCUT2D eigenvalue weighted by molar-refractivity contribution is 0.104. The van der Waals surface area contributed by atoms with Gasteiger partial charge in [0.15, 0.2) is 5.78 Å². The van der Waals surface area contributed by atoms with Crippen LogP contribution in [0.5, 0.6) is 0 Å². The average molecular weight is 295 g/mol. The van der Waals surface area contributed by atoms with Gasteiger partial charge in [0.2, 0.25) is 0 Å². The van der Waals surface area contributed by atoms with Gasteiger partial charge in [0.05, 0.1) is 11.2 Å². The van der Waals surface area contributed by atoms with Gasteiger partial charge in [-0.3, -0.25) is 4.79 Å². The lowest BCUT2D eigenvalue weighted by Gasteiger charge is -1.99. The molecular weight excluding hydrogens is 284 g/mol. The fraction of sp³-hybridized carbons (Fsp3) is 0. The molecule has 2 aromatic carbocycles. The highest BCUT2D eigenvalue weighted by atomic mass is 19.1. The van der Waals surface area contributed by atoms with Crippen LogP contribution in [0.15, 0.2) is 60.7 Å². The maximum Gasteiger partial charge on any atom is 0.185 e. The summed E-state index contributed by atoms with van der Waals surface area (Å²) in [6.07, 6.45) is 2.96. The molecule has 22 heavy (non-hydrogen) atoms.